The van der Waals surface area contributed by atoms with Crippen molar-refractivity contribution in [3.05, 3.63) is 58.6 Å². The van der Waals surface area contributed by atoms with Gasteiger partial charge < -0.3 is 10.1 Å². The first-order chi connectivity index (χ1) is 10.1. The average Bonchev–Trinajstić information content (AvgIpc) is 2.49. The van der Waals surface area contributed by atoms with E-state index in [0.29, 0.717) is 11.3 Å². The molecule has 0 heterocycles. The molecule has 0 fully saturated rings. The number of anilines is 1. The van der Waals surface area contributed by atoms with E-state index in [1.54, 1.807) is 31.4 Å². The first-order valence-electron chi connectivity index (χ1n) is 6.11. The Labute approximate surface area is 136 Å². The van der Waals surface area contributed by atoms with E-state index in [9.17, 15) is 4.79 Å². The third-order valence-corrected chi connectivity index (χ3v) is 3.60. The molecule has 108 valence electrons. The molecule has 2 rings (SSSR count). The highest BCUT2D eigenvalue weighted by atomic mass is 79.9. The summed E-state index contributed by atoms with van der Waals surface area (Å²) < 4.78 is 5.91. The zero-order valence-corrected chi connectivity index (χ0v) is 13.6. The number of nitrogens with one attached hydrogen (secondary N) is 2. The number of hydrogen-bond donors (Lipinski definition) is 2. The fourth-order valence-electron chi connectivity index (χ4n) is 1.63. The normalized spacial score (nSPS) is 9.81. The predicted octanol–water partition coefficient (Wildman–Crippen LogP) is 3.58. The highest BCUT2D eigenvalue weighted by molar-refractivity contribution is 9.10. The third kappa shape index (κ3) is 4.27. The molecule has 21 heavy (non-hydrogen) atoms. The summed E-state index contributed by atoms with van der Waals surface area (Å²) in [5, 5.41) is 5.83. The number of carbonyl (C=O) groups excluding carboxylic acids is 1. The fraction of sp³-hybridized carbons (Fsp3) is 0.0667. The van der Waals surface area contributed by atoms with Crippen LogP contribution in [0.1, 0.15) is 10.4 Å². The summed E-state index contributed by atoms with van der Waals surface area (Å²) in [6, 6.07) is 14.3. The molecule has 1 amide bonds. The summed E-state index contributed by atoms with van der Waals surface area (Å²) >= 11 is 8.53. The number of methoxy groups -OCH3 is 1. The van der Waals surface area contributed by atoms with Crippen LogP contribution >= 0.6 is 28.1 Å². The first kappa shape index (κ1) is 15.5. The first-order valence-corrected chi connectivity index (χ1v) is 7.31. The Balaban J connectivity index is 1.98. The van der Waals surface area contributed by atoms with Crippen molar-refractivity contribution in [2.75, 3.05) is 12.4 Å². The molecule has 0 aliphatic heterocycles. The van der Waals surface area contributed by atoms with E-state index in [1.807, 2.05) is 24.3 Å². The number of carbonyl (C=O) groups is 1. The maximum absolute atomic E-state index is 12.0. The Hall–Kier alpha value is -1.92. The molecular formula is C15H13BrN2O2S. The van der Waals surface area contributed by atoms with Gasteiger partial charge in [-0.25, -0.2) is 0 Å². The van der Waals surface area contributed by atoms with Crippen LogP contribution in [0.3, 0.4) is 0 Å². The highest BCUT2D eigenvalue weighted by Crippen LogP contribution is 2.21. The van der Waals surface area contributed by atoms with Crippen molar-refractivity contribution in [3.63, 3.8) is 0 Å². The lowest BCUT2D eigenvalue weighted by Crippen LogP contribution is -2.34. The standard InChI is InChI=1S/C15H13BrN2O2S/c1-20-11-8-6-10(7-9-11)14(19)18-15(21)17-13-5-3-2-4-12(13)16/h2-9H,1H3,(H2,17,18,19,21). The van der Waals surface area contributed by atoms with Gasteiger partial charge in [-0.2, -0.15) is 0 Å². The number of ether oxygens (including phenoxy) is 1. The predicted molar refractivity (Wildman–Crippen MR) is 90.8 cm³/mol. The molecule has 2 aromatic rings. The maximum atomic E-state index is 12.0. The number of para-hydroxylation sites is 1. The second-order valence-electron chi connectivity index (χ2n) is 4.12. The minimum absolute atomic E-state index is 0.239. The topological polar surface area (TPSA) is 50.4 Å². The summed E-state index contributed by atoms with van der Waals surface area (Å²) in [7, 11) is 1.58. The molecule has 4 nitrogen and oxygen atoms in total. The zero-order chi connectivity index (χ0) is 15.2. The van der Waals surface area contributed by atoms with Gasteiger partial charge in [-0.3, -0.25) is 10.1 Å². The van der Waals surface area contributed by atoms with Crippen molar-refractivity contribution < 1.29 is 9.53 Å². The van der Waals surface area contributed by atoms with Gasteiger partial charge in [-0.15, -0.1) is 0 Å². The molecule has 0 saturated heterocycles. The monoisotopic (exact) mass is 364 g/mol. The van der Waals surface area contributed by atoms with Crippen LogP contribution in [0.25, 0.3) is 0 Å². The van der Waals surface area contributed by atoms with Crippen molar-refractivity contribution >= 4 is 44.9 Å². The molecule has 0 unspecified atom stereocenters. The molecule has 0 radical (unpaired) electrons. The number of benzene rings is 2. The minimum Gasteiger partial charge on any atom is -0.497 e. The number of hydrogen-bond acceptors (Lipinski definition) is 3. The lowest BCUT2D eigenvalue weighted by molar-refractivity contribution is 0.0977. The van der Waals surface area contributed by atoms with Gasteiger partial charge in [0.2, 0.25) is 0 Å². The third-order valence-electron chi connectivity index (χ3n) is 2.70. The molecule has 0 aliphatic carbocycles. The second kappa shape index (κ2) is 7.19. The van der Waals surface area contributed by atoms with Gasteiger partial charge in [0.05, 0.1) is 12.8 Å². The van der Waals surface area contributed by atoms with Crippen molar-refractivity contribution in [3.8, 4) is 5.75 Å². The molecule has 0 saturated carbocycles. The van der Waals surface area contributed by atoms with Crippen LogP contribution in [-0.4, -0.2) is 18.1 Å². The summed E-state index contributed by atoms with van der Waals surface area (Å²) in [5.74, 6) is 0.419. The van der Waals surface area contributed by atoms with Gasteiger partial charge in [-0.05, 0) is 64.5 Å². The van der Waals surface area contributed by atoms with Gasteiger partial charge in [0.15, 0.2) is 5.11 Å². The van der Waals surface area contributed by atoms with Crippen LogP contribution in [0, 0.1) is 0 Å². The number of amides is 1. The summed E-state index contributed by atoms with van der Waals surface area (Å²) in [6.45, 7) is 0. The van der Waals surface area contributed by atoms with Gasteiger partial charge in [0.1, 0.15) is 5.75 Å². The van der Waals surface area contributed by atoms with Crippen LogP contribution in [0.5, 0.6) is 5.75 Å². The zero-order valence-electron chi connectivity index (χ0n) is 11.2. The Morgan fingerprint density at radius 3 is 2.43 bits per heavy atom. The van der Waals surface area contributed by atoms with Gasteiger partial charge in [-0.1, -0.05) is 12.1 Å². The lowest BCUT2D eigenvalue weighted by Gasteiger charge is -2.11. The Kier molecular flexibility index (Phi) is 5.30. The molecule has 6 heteroatoms. The minimum atomic E-state index is -0.276. The van der Waals surface area contributed by atoms with Crippen molar-refractivity contribution in [1.82, 2.24) is 5.32 Å². The molecular weight excluding hydrogens is 352 g/mol. The number of halogens is 1. The van der Waals surface area contributed by atoms with Gasteiger partial charge in [0, 0.05) is 10.0 Å². The van der Waals surface area contributed by atoms with Crippen LogP contribution in [-0.2, 0) is 0 Å². The van der Waals surface area contributed by atoms with Gasteiger partial charge in [0.25, 0.3) is 5.91 Å². The molecule has 0 aromatic heterocycles. The lowest BCUT2D eigenvalue weighted by atomic mass is 10.2. The van der Waals surface area contributed by atoms with Crippen LogP contribution in [0.15, 0.2) is 53.0 Å². The fourth-order valence-corrected chi connectivity index (χ4v) is 2.22. The molecule has 0 spiro atoms. The van der Waals surface area contributed by atoms with E-state index in [2.05, 4.69) is 26.6 Å². The van der Waals surface area contributed by atoms with Crippen LogP contribution in [0.2, 0.25) is 0 Å². The molecule has 0 aliphatic rings. The van der Waals surface area contributed by atoms with E-state index in [-0.39, 0.29) is 11.0 Å². The Morgan fingerprint density at radius 1 is 1.14 bits per heavy atom. The van der Waals surface area contributed by atoms with E-state index < -0.39 is 0 Å². The Bertz CT molecular complexity index is 659. The highest BCUT2D eigenvalue weighted by Gasteiger charge is 2.09. The summed E-state index contributed by atoms with van der Waals surface area (Å²) in [6.07, 6.45) is 0. The quantitative estimate of drug-likeness (QED) is 0.817. The molecule has 2 aromatic carbocycles. The SMILES string of the molecule is COc1ccc(C(=O)NC(=S)Nc2ccccc2Br)cc1. The largest absolute Gasteiger partial charge is 0.497 e. The summed E-state index contributed by atoms with van der Waals surface area (Å²) in [5.41, 5.74) is 1.30. The van der Waals surface area contributed by atoms with Crippen molar-refractivity contribution in [1.29, 1.82) is 0 Å². The maximum Gasteiger partial charge on any atom is 0.257 e. The van der Waals surface area contributed by atoms with Gasteiger partial charge >= 0.3 is 0 Å². The Morgan fingerprint density at radius 2 is 1.81 bits per heavy atom. The van der Waals surface area contributed by atoms with Crippen molar-refractivity contribution in [2.45, 2.75) is 0 Å². The van der Waals surface area contributed by atoms with E-state index in [1.165, 1.54) is 0 Å². The van der Waals surface area contributed by atoms with E-state index in [4.69, 9.17) is 17.0 Å². The molecule has 0 atom stereocenters. The summed E-state index contributed by atoms with van der Waals surface area (Å²) in [4.78, 5) is 12.0. The van der Waals surface area contributed by atoms with E-state index in [0.717, 1.165) is 10.2 Å². The second-order valence-corrected chi connectivity index (χ2v) is 5.38. The van der Waals surface area contributed by atoms with E-state index >= 15 is 0 Å². The van der Waals surface area contributed by atoms with Crippen LogP contribution in [0.4, 0.5) is 5.69 Å². The number of thiocarbonyl (C=S) groups is 1. The van der Waals surface area contributed by atoms with Crippen LogP contribution < -0.4 is 15.4 Å². The molecule has 2 N–H and O–H groups in total. The average molecular weight is 365 g/mol. The smallest absolute Gasteiger partial charge is 0.257 e. The number of rotatable bonds is 3. The molecule has 0 bridgehead atoms. The van der Waals surface area contributed by atoms with Crippen molar-refractivity contribution in [2.24, 2.45) is 0 Å².